The highest BCUT2D eigenvalue weighted by atomic mass is 32.2. The van der Waals surface area contributed by atoms with Gasteiger partial charge in [0, 0.05) is 22.6 Å². The van der Waals surface area contributed by atoms with Gasteiger partial charge < -0.3 is 5.32 Å². The van der Waals surface area contributed by atoms with Crippen LogP contribution in [0.25, 0.3) is 0 Å². The number of rotatable bonds is 4. The fourth-order valence-corrected chi connectivity index (χ4v) is 4.57. The van der Waals surface area contributed by atoms with Crippen LogP contribution in [0.15, 0.2) is 63.4 Å². The third-order valence-corrected chi connectivity index (χ3v) is 6.11. The van der Waals surface area contributed by atoms with Gasteiger partial charge >= 0.3 is 0 Å². The molecule has 1 aromatic heterocycles. The monoisotopic (exact) mass is 397 g/mol. The SMILES string of the molecule is CCCNC(=O)c1ccc2c(c1)N=C(c1ccc(F)cc1)c1sncc1S2. The molecule has 7 heteroatoms. The maximum absolute atomic E-state index is 13.4. The number of amides is 1. The zero-order valence-corrected chi connectivity index (χ0v) is 16.2. The lowest BCUT2D eigenvalue weighted by molar-refractivity contribution is 0.0953. The quantitative estimate of drug-likeness (QED) is 0.524. The summed E-state index contributed by atoms with van der Waals surface area (Å²) in [6, 6.07) is 11.8. The Morgan fingerprint density at radius 3 is 2.74 bits per heavy atom. The van der Waals surface area contributed by atoms with Crippen molar-refractivity contribution in [2.24, 2.45) is 4.99 Å². The van der Waals surface area contributed by atoms with E-state index in [1.54, 1.807) is 30.0 Å². The summed E-state index contributed by atoms with van der Waals surface area (Å²) in [7, 11) is 0. The van der Waals surface area contributed by atoms with Gasteiger partial charge in [-0.1, -0.05) is 18.7 Å². The number of carbonyl (C=O) groups excluding carboxylic acids is 1. The molecule has 0 radical (unpaired) electrons. The molecule has 0 spiro atoms. The molecule has 1 amide bonds. The topological polar surface area (TPSA) is 54.4 Å². The molecule has 4 nitrogen and oxygen atoms in total. The van der Waals surface area contributed by atoms with Crippen LogP contribution >= 0.6 is 23.3 Å². The average molecular weight is 398 g/mol. The first kappa shape index (κ1) is 17.9. The van der Waals surface area contributed by atoms with E-state index in [-0.39, 0.29) is 11.7 Å². The lowest BCUT2D eigenvalue weighted by atomic mass is 10.1. The van der Waals surface area contributed by atoms with Gasteiger partial charge in [-0.3, -0.25) is 4.79 Å². The van der Waals surface area contributed by atoms with Crippen molar-refractivity contribution in [2.45, 2.75) is 23.1 Å². The van der Waals surface area contributed by atoms with E-state index in [2.05, 4.69) is 9.69 Å². The molecule has 27 heavy (non-hydrogen) atoms. The van der Waals surface area contributed by atoms with Crippen molar-refractivity contribution in [2.75, 3.05) is 6.54 Å². The van der Waals surface area contributed by atoms with Crippen LogP contribution in [0.1, 0.15) is 34.1 Å². The Labute approximate surface area is 164 Å². The second-order valence-electron chi connectivity index (χ2n) is 6.03. The highest BCUT2D eigenvalue weighted by Crippen LogP contribution is 2.42. The number of benzene rings is 2. The fraction of sp³-hybridized carbons (Fsp3) is 0.150. The zero-order chi connectivity index (χ0) is 18.8. The number of hydrogen-bond donors (Lipinski definition) is 1. The molecule has 1 N–H and O–H groups in total. The highest BCUT2D eigenvalue weighted by molar-refractivity contribution is 7.99. The maximum atomic E-state index is 13.4. The zero-order valence-electron chi connectivity index (χ0n) is 14.5. The summed E-state index contributed by atoms with van der Waals surface area (Å²) in [5.74, 6) is -0.397. The lowest BCUT2D eigenvalue weighted by Gasteiger charge is -2.07. The molecule has 0 saturated heterocycles. The van der Waals surface area contributed by atoms with Crippen LogP contribution in [-0.4, -0.2) is 22.5 Å². The summed E-state index contributed by atoms with van der Waals surface area (Å²) in [6.45, 7) is 2.65. The van der Waals surface area contributed by atoms with Crippen LogP contribution in [0.2, 0.25) is 0 Å². The molecule has 0 aliphatic carbocycles. The van der Waals surface area contributed by atoms with E-state index in [9.17, 15) is 9.18 Å². The Kier molecular flexibility index (Phi) is 5.05. The molecule has 0 bridgehead atoms. The van der Waals surface area contributed by atoms with Crippen LogP contribution in [0, 0.1) is 5.82 Å². The van der Waals surface area contributed by atoms with Crippen LogP contribution in [0.4, 0.5) is 10.1 Å². The van der Waals surface area contributed by atoms with E-state index in [1.807, 2.05) is 25.3 Å². The minimum atomic E-state index is -0.290. The summed E-state index contributed by atoms with van der Waals surface area (Å²) < 4.78 is 17.6. The normalized spacial score (nSPS) is 12.6. The molecule has 0 unspecified atom stereocenters. The van der Waals surface area contributed by atoms with Gasteiger partial charge in [0.05, 0.1) is 27.4 Å². The molecule has 1 aliphatic rings. The Morgan fingerprint density at radius 2 is 1.96 bits per heavy atom. The van der Waals surface area contributed by atoms with Crippen LogP contribution in [-0.2, 0) is 0 Å². The molecule has 0 saturated carbocycles. The van der Waals surface area contributed by atoms with E-state index in [0.717, 1.165) is 38.1 Å². The molecule has 4 rings (SSSR count). The Morgan fingerprint density at radius 1 is 1.15 bits per heavy atom. The van der Waals surface area contributed by atoms with Crippen LogP contribution in [0.5, 0.6) is 0 Å². The van der Waals surface area contributed by atoms with Gasteiger partial charge in [0.2, 0.25) is 0 Å². The second-order valence-corrected chi connectivity index (χ2v) is 7.91. The van der Waals surface area contributed by atoms with Crippen molar-refractivity contribution in [3.8, 4) is 0 Å². The minimum Gasteiger partial charge on any atom is -0.352 e. The van der Waals surface area contributed by atoms with Crippen LogP contribution in [0.3, 0.4) is 0 Å². The lowest BCUT2D eigenvalue weighted by Crippen LogP contribution is -2.23. The third kappa shape index (κ3) is 3.65. The molecular weight excluding hydrogens is 381 g/mol. The second kappa shape index (κ2) is 7.62. The van der Waals surface area contributed by atoms with Crippen molar-refractivity contribution in [3.05, 3.63) is 70.5 Å². The number of hydrogen-bond acceptors (Lipinski definition) is 5. The first-order chi connectivity index (χ1) is 13.2. The molecule has 0 atom stereocenters. The molecule has 1 aliphatic heterocycles. The van der Waals surface area contributed by atoms with E-state index < -0.39 is 0 Å². The van der Waals surface area contributed by atoms with Crippen molar-refractivity contribution < 1.29 is 9.18 Å². The van der Waals surface area contributed by atoms with E-state index in [4.69, 9.17) is 4.99 Å². The van der Waals surface area contributed by atoms with Gasteiger partial charge in [-0.25, -0.2) is 9.38 Å². The first-order valence-electron chi connectivity index (χ1n) is 8.55. The number of halogens is 1. The average Bonchev–Trinajstić information content (AvgIpc) is 3.08. The minimum absolute atomic E-state index is 0.108. The summed E-state index contributed by atoms with van der Waals surface area (Å²) >= 11 is 2.94. The number of aliphatic imine (C=N–C) groups is 1. The Balaban J connectivity index is 1.81. The number of carbonyl (C=O) groups is 1. The standard InChI is InChI=1S/C20H16FN3OS2/c1-2-9-22-20(25)13-5-8-16-15(10-13)24-18(12-3-6-14(21)7-4-12)19-17(26-16)11-23-27-19/h3-8,10-11H,2,9H2,1H3,(H,22,25). The predicted molar refractivity (Wildman–Crippen MR) is 107 cm³/mol. The van der Waals surface area contributed by atoms with E-state index in [0.29, 0.717) is 12.1 Å². The van der Waals surface area contributed by atoms with Gasteiger partial charge in [0.15, 0.2) is 0 Å². The van der Waals surface area contributed by atoms with Gasteiger partial charge in [-0.05, 0) is 60.4 Å². The van der Waals surface area contributed by atoms with Crippen molar-refractivity contribution >= 4 is 40.6 Å². The van der Waals surface area contributed by atoms with Gasteiger partial charge in [-0.15, -0.1) is 0 Å². The number of nitrogens with one attached hydrogen (secondary N) is 1. The summed E-state index contributed by atoms with van der Waals surface area (Å²) in [6.07, 6.45) is 2.70. The molecule has 3 aromatic rings. The Hall–Kier alpha value is -2.51. The first-order valence-corrected chi connectivity index (χ1v) is 10.1. The summed E-state index contributed by atoms with van der Waals surface area (Å²) in [5, 5.41) is 2.89. The maximum Gasteiger partial charge on any atom is 0.251 e. The van der Waals surface area contributed by atoms with E-state index in [1.165, 1.54) is 23.7 Å². The van der Waals surface area contributed by atoms with Gasteiger partial charge in [0.25, 0.3) is 5.91 Å². The summed E-state index contributed by atoms with van der Waals surface area (Å²) in [5.41, 5.74) is 2.86. The van der Waals surface area contributed by atoms with Crippen LogP contribution < -0.4 is 5.32 Å². The molecule has 0 fully saturated rings. The highest BCUT2D eigenvalue weighted by Gasteiger charge is 2.22. The third-order valence-electron chi connectivity index (χ3n) is 4.08. The van der Waals surface area contributed by atoms with Crippen molar-refractivity contribution in [3.63, 3.8) is 0 Å². The fourth-order valence-electron chi connectivity index (χ4n) is 2.73. The van der Waals surface area contributed by atoms with Gasteiger partial charge in [0.1, 0.15) is 5.82 Å². The van der Waals surface area contributed by atoms with Crippen molar-refractivity contribution in [1.82, 2.24) is 9.69 Å². The number of nitrogens with zero attached hydrogens (tertiary/aromatic N) is 2. The molecule has 2 aromatic carbocycles. The molecule has 2 heterocycles. The molecule has 136 valence electrons. The summed E-state index contributed by atoms with van der Waals surface area (Å²) in [4.78, 5) is 20.1. The predicted octanol–water partition coefficient (Wildman–Crippen LogP) is 5.06. The number of aromatic nitrogens is 1. The van der Waals surface area contributed by atoms with Crippen molar-refractivity contribution in [1.29, 1.82) is 0 Å². The smallest absolute Gasteiger partial charge is 0.251 e. The Bertz CT molecular complexity index is 1030. The number of fused-ring (bicyclic) bond motifs is 2. The molecular formula is C20H16FN3OS2. The largest absolute Gasteiger partial charge is 0.352 e. The van der Waals surface area contributed by atoms with Gasteiger partial charge in [-0.2, -0.15) is 4.37 Å². The van der Waals surface area contributed by atoms with E-state index >= 15 is 0 Å².